The Morgan fingerprint density at radius 2 is 1.92 bits per heavy atom. The minimum Gasteiger partial charge on any atom is -0.486 e. The highest BCUT2D eigenvalue weighted by Gasteiger charge is 2.33. The number of thiophene rings is 1. The Kier molecular flexibility index (Phi) is 3.87. The molecule has 9 heteroatoms. The Hall–Kier alpha value is -2.55. The number of nitrogens with zero attached hydrogens (tertiary/aromatic N) is 2. The van der Waals surface area contributed by atoms with Crippen LogP contribution in [0.2, 0.25) is 0 Å². The predicted octanol–water partition coefficient (Wildman–Crippen LogP) is 4.09. The van der Waals surface area contributed by atoms with Crippen LogP contribution in [-0.2, 0) is 12.7 Å². The zero-order chi connectivity index (χ0) is 17.4. The summed E-state index contributed by atoms with van der Waals surface area (Å²) in [5.74, 6) is 1.65. The summed E-state index contributed by atoms with van der Waals surface area (Å²) in [6.45, 7) is 1.45. The zero-order valence-corrected chi connectivity index (χ0v) is 13.6. The van der Waals surface area contributed by atoms with Crippen molar-refractivity contribution >= 4 is 27.5 Å². The molecule has 0 aliphatic carbocycles. The van der Waals surface area contributed by atoms with Gasteiger partial charge in [0.2, 0.25) is 5.95 Å². The number of aromatic nitrogens is 2. The fourth-order valence-corrected chi connectivity index (χ4v) is 3.31. The van der Waals surface area contributed by atoms with Crippen molar-refractivity contribution in [2.75, 3.05) is 18.5 Å². The molecule has 0 amide bonds. The number of ether oxygens (including phenoxy) is 2. The molecule has 25 heavy (non-hydrogen) atoms. The third-order valence-corrected chi connectivity index (χ3v) is 4.70. The fourth-order valence-electron chi connectivity index (χ4n) is 2.43. The lowest BCUT2D eigenvalue weighted by atomic mass is 10.2. The van der Waals surface area contributed by atoms with Crippen LogP contribution in [0.5, 0.6) is 11.5 Å². The van der Waals surface area contributed by atoms with Gasteiger partial charge in [0.25, 0.3) is 0 Å². The Labute approximate surface area is 144 Å². The molecule has 5 nitrogen and oxygen atoms in total. The number of rotatable bonds is 3. The Bertz CT molecular complexity index is 927. The second kappa shape index (κ2) is 6.07. The molecular formula is C16H12F3N3O2S. The van der Waals surface area contributed by atoms with Gasteiger partial charge in [-0.2, -0.15) is 13.2 Å². The molecule has 1 aliphatic heterocycles. The standard InChI is InChI=1S/C16H12F3N3O2S/c17-16(18,19)13-6-10-8-21-15(22-14(10)25-13)20-7-9-1-2-11-12(5-9)24-4-3-23-11/h1-2,5-6,8H,3-4,7H2,(H,20,21,22). The van der Waals surface area contributed by atoms with Crippen molar-refractivity contribution in [2.24, 2.45) is 0 Å². The van der Waals surface area contributed by atoms with E-state index in [1.54, 1.807) is 0 Å². The van der Waals surface area contributed by atoms with Crippen molar-refractivity contribution in [3.63, 3.8) is 0 Å². The molecular weight excluding hydrogens is 355 g/mol. The van der Waals surface area contributed by atoms with Crippen molar-refractivity contribution in [1.82, 2.24) is 9.97 Å². The van der Waals surface area contributed by atoms with E-state index in [2.05, 4.69) is 15.3 Å². The summed E-state index contributed by atoms with van der Waals surface area (Å²) in [5, 5.41) is 3.39. The number of benzene rings is 1. The minimum atomic E-state index is -4.37. The molecule has 0 bridgehead atoms. The number of halogens is 3. The summed E-state index contributed by atoms with van der Waals surface area (Å²) in [6, 6.07) is 6.62. The third kappa shape index (κ3) is 3.32. The Morgan fingerprint density at radius 1 is 1.12 bits per heavy atom. The fraction of sp³-hybridized carbons (Fsp3) is 0.250. The van der Waals surface area contributed by atoms with Gasteiger partial charge in [0.15, 0.2) is 11.5 Å². The molecule has 0 saturated heterocycles. The molecule has 1 aliphatic rings. The van der Waals surface area contributed by atoms with Crippen molar-refractivity contribution in [3.8, 4) is 11.5 Å². The van der Waals surface area contributed by atoms with Crippen molar-refractivity contribution < 1.29 is 22.6 Å². The van der Waals surface area contributed by atoms with Crippen LogP contribution in [0.1, 0.15) is 10.4 Å². The van der Waals surface area contributed by atoms with Crippen LogP contribution < -0.4 is 14.8 Å². The van der Waals surface area contributed by atoms with Crippen LogP contribution in [0.25, 0.3) is 10.2 Å². The smallest absolute Gasteiger partial charge is 0.425 e. The van der Waals surface area contributed by atoms with Gasteiger partial charge in [-0.1, -0.05) is 6.07 Å². The number of alkyl halides is 3. The van der Waals surface area contributed by atoms with Crippen LogP contribution in [0, 0.1) is 0 Å². The van der Waals surface area contributed by atoms with Gasteiger partial charge in [-0.25, -0.2) is 9.97 Å². The molecule has 4 rings (SSSR count). The summed E-state index contributed by atoms with van der Waals surface area (Å²) in [6.07, 6.45) is -2.98. The van der Waals surface area contributed by atoms with E-state index in [0.29, 0.717) is 52.8 Å². The molecule has 0 atom stereocenters. The Balaban J connectivity index is 1.51. The first-order valence-electron chi connectivity index (χ1n) is 7.45. The van der Waals surface area contributed by atoms with Gasteiger partial charge in [0.1, 0.15) is 22.9 Å². The van der Waals surface area contributed by atoms with Gasteiger partial charge in [-0.3, -0.25) is 0 Å². The molecule has 0 fully saturated rings. The lowest BCUT2D eigenvalue weighted by molar-refractivity contribution is -0.134. The van der Waals surface area contributed by atoms with Gasteiger partial charge < -0.3 is 14.8 Å². The molecule has 2 aromatic heterocycles. The number of fused-ring (bicyclic) bond motifs is 2. The van der Waals surface area contributed by atoms with Gasteiger partial charge in [-0.05, 0) is 23.8 Å². The number of hydrogen-bond donors (Lipinski definition) is 1. The van der Waals surface area contributed by atoms with Gasteiger partial charge >= 0.3 is 6.18 Å². The number of hydrogen-bond acceptors (Lipinski definition) is 6. The molecule has 0 spiro atoms. The largest absolute Gasteiger partial charge is 0.486 e. The van der Waals surface area contributed by atoms with Crippen molar-refractivity contribution in [3.05, 3.63) is 40.9 Å². The highest BCUT2D eigenvalue weighted by atomic mass is 32.1. The van der Waals surface area contributed by atoms with Crippen molar-refractivity contribution in [2.45, 2.75) is 12.7 Å². The molecule has 0 saturated carbocycles. The molecule has 0 unspecified atom stereocenters. The van der Waals surface area contributed by atoms with Crippen LogP contribution >= 0.6 is 11.3 Å². The van der Waals surface area contributed by atoms with E-state index < -0.39 is 11.1 Å². The van der Waals surface area contributed by atoms with E-state index in [0.717, 1.165) is 11.6 Å². The normalized spacial score (nSPS) is 13.9. The quantitative estimate of drug-likeness (QED) is 0.756. The van der Waals surface area contributed by atoms with E-state index in [-0.39, 0.29) is 5.95 Å². The average molecular weight is 367 g/mol. The summed E-state index contributed by atoms with van der Waals surface area (Å²) in [4.78, 5) is 7.84. The van der Waals surface area contributed by atoms with Crippen LogP contribution in [0.4, 0.5) is 19.1 Å². The summed E-state index contributed by atoms with van der Waals surface area (Å²) < 4.78 is 49.3. The maximum absolute atomic E-state index is 12.8. The van der Waals surface area contributed by atoms with E-state index in [9.17, 15) is 13.2 Å². The Morgan fingerprint density at radius 3 is 2.72 bits per heavy atom. The summed E-state index contributed by atoms with van der Waals surface area (Å²) in [5.41, 5.74) is 0.926. The number of anilines is 1. The van der Waals surface area contributed by atoms with Crippen LogP contribution in [0.15, 0.2) is 30.5 Å². The predicted molar refractivity (Wildman–Crippen MR) is 87.2 cm³/mol. The highest BCUT2D eigenvalue weighted by Crippen LogP contribution is 2.37. The molecule has 3 aromatic rings. The highest BCUT2D eigenvalue weighted by molar-refractivity contribution is 7.18. The van der Waals surface area contributed by atoms with Gasteiger partial charge in [0, 0.05) is 18.1 Å². The molecule has 1 N–H and O–H groups in total. The SMILES string of the molecule is FC(F)(F)c1cc2cnc(NCc3ccc4c(c3)OCCO4)nc2s1. The summed E-state index contributed by atoms with van der Waals surface area (Å²) in [7, 11) is 0. The second-order valence-electron chi connectivity index (χ2n) is 5.39. The lowest BCUT2D eigenvalue weighted by Crippen LogP contribution is -2.15. The maximum Gasteiger partial charge on any atom is 0.425 e. The molecule has 0 radical (unpaired) electrons. The number of nitrogens with one attached hydrogen (secondary N) is 1. The third-order valence-electron chi connectivity index (χ3n) is 3.61. The zero-order valence-electron chi connectivity index (χ0n) is 12.8. The first-order chi connectivity index (χ1) is 12.0. The van der Waals surface area contributed by atoms with E-state index >= 15 is 0 Å². The first kappa shape index (κ1) is 15.9. The monoisotopic (exact) mass is 367 g/mol. The van der Waals surface area contributed by atoms with Gasteiger partial charge in [-0.15, -0.1) is 11.3 Å². The van der Waals surface area contributed by atoms with Gasteiger partial charge in [0.05, 0.1) is 0 Å². The average Bonchev–Trinajstić information content (AvgIpc) is 3.03. The molecule has 3 heterocycles. The van der Waals surface area contributed by atoms with E-state index in [4.69, 9.17) is 9.47 Å². The summed E-state index contributed by atoms with van der Waals surface area (Å²) >= 11 is 0.606. The second-order valence-corrected chi connectivity index (χ2v) is 6.42. The molecule has 130 valence electrons. The van der Waals surface area contributed by atoms with Crippen LogP contribution in [-0.4, -0.2) is 23.2 Å². The van der Waals surface area contributed by atoms with Crippen LogP contribution in [0.3, 0.4) is 0 Å². The van der Waals surface area contributed by atoms with E-state index in [1.165, 1.54) is 6.20 Å². The lowest BCUT2D eigenvalue weighted by Gasteiger charge is -2.18. The van der Waals surface area contributed by atoms with E-state index in [1.807, 2.05) is 18.2 Å². The topological polar surface area (TPSA) is 56.3 Å². The maximum atomic E-state index is 12.8. The van der Waals surface area contributed by atoms with Crippen molar-refractivity contribution in [1.29, 1.82) is 0 Å². The minimum absolute atomic E-state index is 0.276. The first-order valence-corrected chi connectivity index (χ1v) is 8.27. The molecule has 1 aromatic carbocycles.